The molecule has 0 heteroatoms. The van der Waals surface area contributed by atoms with Crippen molar-refractivity contribution in [2.24, 2.45) is 0 Å². The quantitative estimate of drug-likeness (QED) is 0.251. The van der Waals surface area contributed by atoms with Gasteiger partial charge in [-0.05, 0) is 62.2 Å². The van der Waals surface area contributed by atoms with E-state index in [-0.39, 0.29) is 0 Å². The summed E-state index contributed by atoms with van der Waals surface area (Å²) in [6.45, 7) is 20.4. The Morgan fingerprint density at radius 2 is 0.676 bits per heavy atom. The maximum Gasteiger partial charge on any atom is -0.00987 e. The van der Waals surface area contributed by atoms with E-state index < -0.39 is 0 Å². The van der Waals surface area contributed by atoms with Crippen molar-refractivity contribution in [1.82, 2.24) is 0 Å². The van der Waals surface area contributed by atoms with Crippen LogP contribution in [-0.4, -0.2) is 0 Å². The summed E-state index contributed by atoms with van der Waals surface area (Å²) in [6, 6.07) is 34.5. The molecular weight excluding hydrogens is 408 g/mol. The van der Waals surface area contributed by atoms with Crippen LogP contribution in [0.3, 0.4) is 0 Å². The molecule has 0 bridgehead atoms. The molecule has 34 heavy (non-hydrogen) atoms. The second-order valence-corrected chi connectivity index (χ2v) is 6.73. The highest BCUT2D eigenvalue weighted by Crippen LogP contribution is 2.45. The van der Waals surface area contributed by atoms with E-state index in [1.54, 1.807) is 0 Å². The molecule has 0 amide bonds. The molecule has 178 valence electrons. The SMILES string of the molecule is C=C1c2cc(-c3ccccc3)ccc2-c2ccc(-c3ccccc3)cc21.CC.CC.CC.CC. The fraction of sp³-hybridized carbons (Fsp3) is 0.235. The predicted octanol–water partition coefficient (Wildman–Crippen LogP) is 11.2. The van der Waals surface area contributed by atoms with Gasteiger partial charge >= 0.3 is 0 Å². The molecule has 1 aliphatic carbocycles. The lowest BCUT2D eigenvalue weighted by atomic mass is 9.98. The second kappa shape index (κ2) is 15.5. The van der Waals surface area contributed by atoms with Crippen LogP contribution in [0.1, 0.15) is 66.5 Å². The van der Waals surface area contributed by atoms with Crippen LogP contribution < -0.4 is 0 Å². The summed E-state index contributed by atoms with van der Waals surface area (Å²) in [6.07, 6.45) is 0. The van der Waals surface area contributed by atoms with Gasteiger partial charge in [-0.25, -0.2) is 0 Å². The summed E-state index contributed by atoms with van der Waals surface area (Å²) >= 11 is 0. The Morgan fingerprint density at radius 1 is 0.353 bits per heavy atom. The molecule has 0 radical (unpaired) electrons. The minimum absolute atomic E-state index is 1.12. The molecule has 4 aromatic carbocycles. The van der Waals surface area contributed by atoms with Crippen LogP contribution in [0, 0.1) is 0 Å². The van der Waals surface area contributed by atoms with E-state index in [0.717, 1.165) is 5.57 Å². The van der Waals surface area contributed by atoms with Crippen molar-refractivity contribution in [2.45, 2.75) is 55.4 Å². The van der Waals surface area contributed by atoms with Gasteiger partial charge in [0.05, 0.1) is 0 Å². The summed E-state index contributed by atoms with van der Waals surface area (Å²) < 4.78 is 0. The van der Waals surface area contributed by atoms with E-state index in [2.05, 4.69) is 104 Å². The molecule has 0 spiro atoms. The Kier molecular flexibility index (Phi) is 13.0. The fourth-order valence-corrected chi connectivity index (χ4v) is 3.82. The third-order valence-electron chi connectivity index (χ3n) is 5.19. The summed E-state index contributed by atoms with van der Waals surface area (Å²) in [7, 11) is 0. The first-order chi connectivity index (χ1) is 16.8. The summed E-state index contributed by atoms with van der Waals surface area (Å²) in [5.41, 5.74) is 11.1. The second-order valence-electron chi connectivity index (χ2n) is 6.73. The number of fused-ring (bicyclic) bond motifs is 3. The topological polar surface area (TPSA) is 0 Å². The smallest absolute Gasteiger partial charge is 0.00987 e. The first kappa shape index (κ1) is 28.7. The van der Waals surface area contributed by atoms with Crippen LogP contribution in [0.4, 0.5) is 0 Å². The van der Waals surface area contributed by atoms with Gasteiger partial charge in [-0.3, -0.25) is 0 Å². The average molecular weight is 451 g/mol. The molecular formula is C34H42. The molecule has 0 saturated carbocycles. The van der Waals surface area contributed by atoms with Gasteiger partial charge in [0.25, 0.3) is 0 Å². The Hall–Kier alpha value is -3.38. The molecule has 0 aliphatic heterocycles. The highest BCUT2D eigenvalue weighted by molar-refractivity contribution is 6.02. The van der Waals surface area contributed by atoms with E-state index in [1.165, 1.54) is 44.5 Å². The van der Waals surface area contributed by atoms with Gasteiger partial charge in [0.1, 0.15) is 0 Å². The molecule has 0 fully saturated rings. The minimum atomic E-state index is 1.12. The van der Waals surface area contributed by atoms with Crippen molar-refractivity contribution < 1.29 is 0 Å². The monoisotopic (exact) mass is 450 g/mol. The molecule has 0 nitrogen and oxygen atoms in total. The number of hydrogen-bond donors (Lipinski definition) is 0. The highest BCUT2D eigenvalue weighted by atomic mass is 14.3. The zero-order valence-corrected chi connectivity index (χ0v) is 22.4. The van der Waals surface area contributed by atoms with Gasteiger partial charge in [-0.1, -0.05) is 147 Å². The van der Waals surface area contributed by atoms with Gasteiger partial charge < -0.3 is 0 Å². The van der Waals surface area contributed by atoms with Gasteiger partial charge in [-0.15, -0.1) is 0 Å². The van der Waals surface area contributed by atoms with E-state index in [0.29, 0.717) is 0 Å². The number of benzene rings is 4. The minimum Gasteiger partial charge on any atom is -0.0905 e. The molecule has 0 saturated heterocycles. The van der Waals surface area contributed by atoms with Gasteiger partial charge in [0.15, 0.2) is 0 Å². The van der Waals surface area contributed by atoms with Crippen molar-refractivity contribution in [3.8, 4) is 33.4 Å². The molecule has 0 atom stereocenters. The lowest BCUT2D eigenvalue weighted by Gasteiger charge is -2.06. The van der Waals surface area contributed by atoms with Crippen LogP contribution in [0.2, 0.25) is 0 Å². The van der Waals surface area contributed by atoms with E-state index in [9.17, 15) is 0 Å². The van der Waals surface area contributed by atoms with Crippen molar-refractivity contribution in [2.75, 3.05) is 0 Å². The maximum atomic E-state index is 4.41. The third kappa shape index (κ3) is 6.35. The molecule has 4 aromatic rings. The van der Waals surface area contributed by atoms with Gasteiger partial charge in [-0.2, -0.15) is 0 Å². The fourth-order valence-electron chi connectivity index (χ4n) is 3.82. The summed E-state index contributed by atoms with van der Waals surface area (Å²) in [4.78, 5) is 0. The zero-order chi connectivity index (χ0) is 25.5. The predicted molar refractivity (Wildman–Crippen MR) is 156 cm³/mol. The van der Waals surface area contributed by atoms with Crippen molar-refractivity contribution >= 4 is 5.57 Å². The third-order valence-corrected chi connectivity index (χ3v) is 5.19. The molecule has 0 unspecified atom stereocenters. The van der Waals surface area contributed by atoms with Crippen molar-refractivity contribution in [3.05, 3.63) is 115 Å². The summed E-state index contributed by atoms with van der Waals surface area (Å²) in [5.74, 6) is 0. The van der Waals surface area contributed by atoms with Crippen LogP contribution in [-0.2, 0) is 0 Å². The van der Waals surface area contributed by atoms with Crippen molar-refractivity contribution in [1.29, 1.82) is 0 Å². The molecule has 0 N–H and O–H groups in total. The average Bonchev–Trinajstić information content (AvgIpc) is 3.24. The molecule has 1 aliphatic rings. The van der Waals surface area contributed by atoms with Crippen LogP contribution in [0.25, 0.3) is 39.0 Å². The van der Waals surface area contributed by atoms with Crippen LogP contribution in [0.5, 0.6) is 0 Å². The lowest BCUT2D eigenvalue weighted by molar-refractivity contribution is 1.50. The highest BCUT2D eigenvalue weighted by Gasteiger charge is 2.22. The molecule has 0 heterocycles. The first-order valence-corrected chi connectivity index (χ1v) is 12.9. The van der Waals surface area contributed by atoms with Crippen LogP contribution in [0.15, 0.2) is 104 Å². The molecule has 0 aromatic heterocycles. The first-order valence-electron chi connectivity index (χ1n) is 12.9. The normalized spacial score (nSPS) is 9.82. The Morgan fingerprint density at radius 3 is 1.00 bits per heavy atom. The Balaban J connectivity index is 0.000000659. The zero-order valence-electron chi connectivity index (χ0n) is 22.4. The summed E-state index contributed by atoms with van der Waals surface area (Å²) in [5, 5.41) is 0. The molecule has 5 rings (SSSR count). The van der Waals surface area contributed by atoms with Crippen LogP contribution >= 0.6 is 0 Å². The Labute approximate surface area is 209 Å². The van der Waals surface area contributed by atoms with E-state index >= 15 is 0 Å². The lowest BCUT2D eigenvalue weighted by Crippen LogP contribution is -1.83. The number of hydrogen-bond acceptors (Lipinski definition) is 0. The maximum absolute atomic E-state index is 4.41. The Bertz CT molecular complexity index is 1030. The van der Waals surface area contributed by atoms with E-state index in [1.807, 2.05) is 55.4 Å². The van der Waals surface area contributed by atoms with Crippen molar-refractivity contribution in [3.63, 3.8) is 0 Å². The van der Waals surface area contributed by atoms with Gasteiger partial charge in [0, 0.05) is 0 Å². The largest absolute Gasteiger partial charge is 0.0905 e. The van der Waals surface area contributed by atoms with Gasteiger partial charge in [0.2, 0.25) is 0 Å². The number of rotatable bonds is 2. The standard InChI is InChI=1S/C26H18.4C2H6/c1-18-25-16-21(19-8-4-2-5-9-19)12-14-23(25)24-15-13-22(17-26(18)24)20-10-6-3-7-11-20;4*1-2/h2-17H,1H2;4*1-2H3. The van der Waals surface area contributed by atoms with E-state index in [4.69, 9.17) is 0 Å².